The van der Waals surface area contributed by atoms with E-state index in [1.54, 1.807) is 18.6 Å². The number of carboxylic acids is 1. The Balaban J connectivity index is 1.90. The fourth-order valence-corrected chi connectivity index (χ4v) is 2.51. The second-order valence-corrected chi connectivity index (χ2v) is 5.33. The molecule has 0 aliphatic carbocycles. The van der Waals surface area contributed by atoms with Crippen molar-refractivity contribution in [3.05, 3.63) is 46.2 Å². The number of carbonyl (C=O) groups is 1. The number of thiophene rings is 1. The van der Waals surface area contributed by atoms with Crippen molar-refractivity contribution in [2.75, 3.05) is 25.6 Å². The van der Waals surface area contributed by atoms with Crippen LogP contribution in [0, 0.1) is 0 Å². The number of hydrogen-bond donors (Lipinski definition) is 2. The summed E-state index contributed by atoms with van der Waals surface area (Å²) in [4.78, 5) is 11.8. The van der Waals surface area contributed by atoms with E-state index < -0.39 is 5.97 Å². The first-order valence-electron chi connectivity index (χ1n) is 6.45. The molecule has 0 saturated carbocycles. The first-order chi connectivity index (χ1) is 10.2. The molecule has 0 bridgehead atoms. The molecule has 2 rings (SSSR count). The monoisotopic (exact) mass is 307 g/mol. The molecule has 6 heteroatoms. The first-order valence-corrected chi connectivity index (χ1v) is 7.33. The number of rotatable bonds is 8. The van der Waals surface area contributed by atoms with Gasteiger partial charge in [-0.3, -0.25) is 0 Å². The topological polar surface area (TPSA) is 67.8 Å². The zero-order chi connectivity index (χ0) is 15.1. The highest BCUT2D eigenvalue weighted by Crippen LogP contribution is 2.20. The van der Waals surface area contributed by atoms with Gasteiger partial charge in [-0.15, -0.1) is 11.3 Å². The summed E-state index contributed by atoms with van der Waals surface area (Å²) in [5.74, 6) is -0.125. The molecule has 0 spiro atoms. The van der Waals surface area contributed by atoms with Crippen LogP contribution in [0.1, 0.15) is 15.2 Å². The molecule has 0 amide bonds. The number of methoxy groups -OCH3 is 1. The summed E-state index contributed by atoms with van der Waals surface area (Å²) in [6.45, 7) is 1.64. The fourth-order valence-electron chi connectivity index (χ4n) is 1.71. The number of carboxylic acid groups (broad SMARTS) is 1. The van der Waals surface area contributed by atoms with Gasteiger partial charge in [0.05, 0.1) is 12.2 Å². The van der Waals surface area contributed by atoms with Crippen LogP contribution < -0.4 is 10.1 Å². The molecule has 2 aromatic rings. The quantitative estimate of drug-likeness (QED) is 0.734. The first kappa shape index (κ1) is 15.3. The molecule has 21 heavy (non-hydrogen) atoms. The smallest absolute Gasteiger partial charge is 0.336 e. The number of aromatic carboxylic acids is 1. The summed E-state index contributed by atoms with van der Waals surface area (Å²) in [6, 6.07) is 9.31. The van der Waals surface area contributed by atoms with Gasteiger partial charge in [0.25, 0.3) is 0 Å². The van der Waals surface area contributed by atoms with Crippen LogP contribution >= 0.6 is 11.3 Å². The third-order valence-electron chi connectivity index (χ3n) is 2.76. The minimum Gasteiger partial charge on any atom is -0.491 e. The summed E-state index contributed by atoms with van der Waals surface area (Å²) in [5.41, 5.74) is 1.25. The summed E-state index contributed by atoms with van der Waals surface area (Å²) in [7, 11) is 1.63. The van der Waals surface area contributed by atoms with Crippen LogP contribution in [-0.2, 0) is 11.3 Å². The van der Waals surface area contributed by atoms with Crippen LogP contribution in [0.2, 0.25) is 0 Å². The lowest BCUT2D eigenvalue weighted by atomic mass is 10.3. The standard InChI is InChI=1S/C15H17NO4S/c1-19-5-6-20-13-4-2-3-12(8-13)16-9-14-7-11(10-21-14)15(17)18/h2-4,7-8,10,16H,5-6,9H2,1H3,(H,17,18). The lowest BCUT2D eigenvalue weighted by Crippen LogP contribution is -2.04. The fraction of sp³-hybridized carbons (Fsp3) is 0.267. The number of nitrogens with one attached hydrogen (secondary N) is 1. The number of anilines is 1. The molecule has 0 aliphatic heterocycles. The van der Waals surface area contributed by atoms with E-state index in [0.29, 0.717) is 25.3 Å². The lowest BCUT2D eigenvalue weighted by Gasteiger charge is -2.09. The minimum atomic E-state index is -0.897. The molecule has 0 aliphatic rings. The van der Waals surface area contributed by atoms with Gasteiger partial charge < -0.3 is 19.9 Å². The van der Waals surface area contributed by atoms with Crippen LogP contribution in [0.4, 0.5) is 5.69 Å². The number of ether oxygens (including phenoxy) is 2. The van der Waals surface area contributed by atoms with Crippen LogP contribution in [-0.4, -0.2) is 31.4 Å². The van der Waals surface area contributed by atoms with E-state index in [2.05, 4.69) is 5.32 Å². The molecular formula is C15H17NO4S. The molecule has 1 aromatic heterocycles. The van der Waals surface area contributed by atoms with E-state index in [1.807, 2.05) is 24.3 Å². The molecule has 0 saturated heterocycles. The van der Waals surface area contributed by atoms with Crippen LogP contribution in [0.3, 0.4) is 0 Å². The zero-order valence-electron chi connectivity index (χ0n) is 11.7. The van der Waals surface area contributed by atoms with Gasteiger partial charge in [0.15, 0.2) is 0 Å². The Morgan fingerprint density at radius 1 is 1.33 bits per heavy atom. The molecule has 1 heterocycles. The average Bonchev–Trinajstić information content (AvgIpc) is 2.95. The SMILES string of the molecule is COCCOc1cccc(NCc2cc(C(=O)O)cs2)c1. The summed E-state index contributed by atoms with van der Waals surface area (Å²) in [6.07, 6.45) is 0. The van der Waals surface area contributed by atoms with Crippen molar-refractivity contribution >= 4 is 23.0 Å². The van der Waals surface area contributed by atoms with Gasteiger partial charge in [-0.2, -0.15) is 0 Å². The van der Waals surface area contributed by atoms with Gasteiger partial charge in [0, 0.05) is 35.7 Å². The molecule has 0 unspecified atom stereocenters. The van der Waals surface area contributed by atoms with E-state index in [-0.39, 0.29) is 0 Å². The third kappa shape index (κ3) is 4.77. The molecule has 0 fully saturated rings. The lowest BCUT2D eigenvalue weighted by molar-refractivity contribution is 0.0697. The van der Waals surface area contributed by atoms with Crippen molar-refractivity contribution in [2.24, 2.45) is 0 Å². The Bertz CT molecular complexity index is 597. The highest BCUT2D eigenvalue weighted by atomic mass is 32.1. The molecule has 1 aromatic carbocycles. The summed E-state index contributed by atoms with van der Waals surface area (Å²) < 4.78 is 10.5. The largest absolute Gasteiger partial charge is 0.491 e. The maximum absolute atomic E-state index is 10.8. The maximum Gasteiger partial charge on any atom is 0.336 e. The zero-order valence-corrected chi connectivity index (χ0v) is 12.5. The minimum absolute atomic E-state index is 0.327. The van der Waals surface area contributed by atoms with Gasteiger partial charge >= 0.3 is 5.97 Å². The van der Waals surface area contributed by atoms with Gasteiger partial charge in [-0.1, -0.05) is 6.07 Å². The molecule has 2 N–H and O–H groups in total. The Labute approximate surface area is 127 Å². The molecule has 5 nitrogen and oxygen atoms in total. The van der Waals surface area contributed by atoms with E-state index in [1.165, 1.54) is 11.3 Å². The predicted molar refractivity (Wildman–Crippen MR) is 82.4 cm³/mol. The van der Waals surface area contributed by atoms with E-state index in [4.69, 9.17) is 14.6 Å². The molecule has 112 valence electrons. The Morgan fingerprint density at radius 3 is 2.90 bits per heavy atom. The Kier molecular flexibility index (Phi) is 5.59. The number of benzene rings is 1. The summed E-state index contributed by atoms with van der Waals surface area (Å²) in [5, 5.41) is 13.8. The van der Waals surface area contributed by atoms with Crippen molar-refractivity contribution in [1.29, 1.82) is 0 Å². The van der Waals surface area contributed by atoms with Gasteiger partial charge in [0.2, 0.25) is 0 Å². The molecule has 0 atom stereocenters. The van der Waals surface area contributed by atoms with Crippen molar-refractivity contribution in [1.82, 2.24) is 0 Å². The highest BCUT2D eigenvalue weighted by Gasteiger charge is 2.06. The van der Waals surface area contributed by atoms with Crippen molar-refractivity contribution in [3.63, 3.8) is 0 Å². The molecule has 0 radical (unpaired) electrons. The van der Waals surface area contributed by atoms with Crippen LogP contribution in [0.5, 0.6) is 5.75 Å². The maximum atomic E-state index is 10.8. The Morgan fingerprint density at radius 2 is 2.19 bits per heavy atom. The predicted octanol–water partition coefficient (Wildman–Crippen LogP) is 3.08. The highest BCUT2D eigenvalue weighted by molar-refractivity contribution is 7.10. The summed E-state index contributed by atoms with van der Waals surface area (Å²) >= 11 is 1.43. The van der Waals surface area contributed by atoms with Gasteiger partial charge in [-0.25, -0.2) is 4.79 Å². The van der Waals surface area contributed by atoms with Crippen molar-refractivity contribution in [2.45, 2.75) is 6.54 Å². The van der Waals surface area contributed by atoms with Crippen LogP contribution in [0.15, 0.2) is 35.7 Å². The second kappa shape index (κ2) is 7.66. The number of hydrogen-bond acceptors (Lipinski definition) is 5. The van der Waals surface area contributed by atoms with E-state index in [9.17, 15) is 4.79 Å². The third-order valence-corrected chi connectivity index (χ3v) is 3.69. The average molecular weight is 307 g/mol. The van der Waals surface area contributed by atoms with E-state index in [0.717, 1.165) is 16.3 Å². The van der Waals surface area contributed by atoms with E-state index >= 15 is 0 Å². The molecular weight excluding hydrogens is 290 g/mol. The second-order valence-electron chi connectivity index (χ2n) is 4.33. The van der Waals surface area contributed by atoms with Crippen molar-refractivity contribution in [3.8, 4) is 5.75 Å². The van der Waals surface area contributed by atoms with Crippen LogP contribution in [0.25, 0.3) is 0 Å². The Hall–Kier alpha value is -2.05. The van der Waals surface area contributed by atoms with Gasteiger partial charge in [0.1, 0.15) is 12.4 Å². The van der Waals surface area contributed by atoms with Crippen molar-refractivity contribution < 1.29 is 19.4 Å². The normalized spacial score (nSPS) is 10.3. The van der Waals surface area contributed by atoms with Gasteiger partial charge in [-0.05, 0) is 18.2 Å².